The van der Waals surface area contributed by atoms with Crippen molar-refractivity contribution in [1.82, 2.24) is 15.1 Å². The van der Waals surface area contributed by atoms with Gasteiger partial charge in [0.2, 0.25) is 0 Å². The van der Waals surface area contributed by atoms with Gasteiger partial charge in [0.25, 0.3) is 5.91 Å². The van der Waals surface area contributed by atoms with Gasteiger partial charge in [0.05, 0.1) is 22.5 Å². The molecule has 1 aromatic heterocycles. The molecule has 4 rings (SSSR count). The third kappa shape index (κ3) is 3.77. The predicted molar refractivity (Wildman–Crippen MR) is 121 cm³/mol. The Morgan fingerprint density at radius 2 is 1.37 bits per heavy atom. The van der Waals surface area contributed by atoms with Gasteiger partial charge in [0, 0.05) is 5.56 Å². The van der Waals surface area contributed by atoms with Crippen molar-refractivity contribution in [3.63, 3.8) is 0 Å². The van der Waals surface area contributed by atoms with Gasteiger partial charge in [-0.05, 0) is 38.5 Å². The van der Waals surface area contributed by atoms with Gasteiger partial charge >= 0.3 is 0 Å². The van der Waals surface area contributed by atoms with Crippen LogP contribution < -0.4 is 5.32 Å². The van der Waals surface area contributed by atoms with E-state index in [1.54, 1.807) is 0 Å². The van der Waals surface area contributed by atoms with Crippen LogP contribution in [0.5, 0.6) is 0 Å². The number of rotatable bonds is 5. The predicted octanol–water partition coefficient (Wildman–Crippen LogP) is 5.51. The van der Waals surface area contributed by atoms with Gasteiger partial charge in [-0.15, -0.1) is 0 Å². The Kier molecular flexibility index (Phi) is 5.23. The van der Waals surface area contributed by atoms with Crippen LogP contribution >= 0.6 is 0 Å². The Hall–Kier alpha value is -3.66. The molecule has 0 aliphatic rings. The van der Waals surface area contributed by atoms with E-state index in [0.717, 1.165) is 22.5 Å². The molecule has 30 heavy (non-hydrogen) atoms. The number of nitrogens with one attached hydrogen (secondary N) is 1. The maximum Gasteiger partial charge on any atom is 0.256 e. The molecule has 1 amide bonds. The highest BCUT2D eigenvalue weighted by molar-refractivity contribution is 6.01. The number of aromatic nitrogens is 2. The standard InChI is InChI=1S/C26H25N3O/c1-19-23(25(30)27-26(2,3)21-15-9-5-10-16-21)24(20-13-7-4-8-14-20)28-29(19)22-17-11-6-12-18-22/h4-18H,1-3H3,(H,27,30). The van der Waals surface area contributed by atoms with Crippen LogP contribution in [0.2, 0.25) is 0 Å². The summed E-state index contributed by atoms with van der Waals surface area (Å²) in [6.45, 7) is 5.97. The first-order valence-corrected chi connectivity index (χ1v) is 10.1. The molecule has 0 aliphatic heterocycles. The third-order valence-corrected chi connectivity index (χ3v) is 5.31. The number of amides is 1. The van der Waals surface area contributed by atoms with Crippen molar-refractivity contribution in [1.29, 1.82) is 0 Å². The Morgan fingerprint density at radius 1 is 0.833 bits per heavy atom. The van der Waals surface area contributed by atoms with E-state index in [4.69, 9.17) is 5.10 Å². The van der Waals surface area contributed by atoms with Crippen molar-refractivity contribution in [3.8, 4) is 16.9 Å². The molecule has 0 fully saturated rings. The second kappa shape index (κ2) is 7.99. The molecule has 0 radical (unpaired) electrons. The lowest BCUT2D eigenvalue weighted by atomic mass is 9.93. The molecule has 1 heterocycles. The molecule has 3 aromatic carbocycles. The average molecular weight is 396 g/mol. The molecule has 0 saturated heterocycles. The molecule has 1 N–H and O–H groups in total. The molecule has 0 spiro atoms. The van der Waals surface area contributed by atoms with Gasteiger partial charge in [-0.3, -0.25) is 4.79 Å². The SMILES string of the molecule is Cc1c(C(=O)NC(C)(C)c2ccccc2)c(-c2ccccc2)nn1-c1ccccc1. The van der Waals surface area contributed by atoms with Crippen LogP contribution in [0.15, 0.2) is 91.0 Å². The summed E-state index contributed by atoms with van der Waals surface area (Å²) >= 11 is 0. The van der Waals surface area contributed by atoms with Gasteiger partial charge in [0.15, 0.2) is 0 Å². The van der Waals surface area contributed by atoms with E-state index < -0.39 is 5.54 Å². The van der Waals surface area contributed by atoms with E-state index in [-0.39, 0.29) is 5.91 Å². The minimum absolute atomic E-state index is 0.137. The maximum absolute atomic E-state index is 13.5. The average Bonchev–Trinajstić information content (AvgIpc) is 3.12. The van der Waals surface area contributed by atoms with Crippen LogP contribution in [-0.2, 0) is 5.54 Å². The molecule has 4 aromatic rings. The molecule has 0 unspecified atom stereocenters. The number of nitrogens with zero attached hydrogens (tertiary/aromatic N) is 2. The van der Waals surface area contributed by atoms with Crippen molar-refractivity contribution >= 4 is 5.91 Å². The van der Waals surface area contributed by atoms with Gasteiger partial charge in [-0.1, -0.05) is 78.9 Å². The topological polar surface area (TPSA) is 46.9 Å². The maximum atomic E-state index is 13.5. The fourth-order valence-corrected chi connectivity index (χ4v) is 3.67. The van der Waals surface area contributed by atoms with Crippen molar-refractivity contribution in [2.24, 2.45) is 0 Å². The fraction of sp³-hybridized carbons (Fsp3) is 0.154. The first-order chi connectivity index (χ1) is 14.5. The van der Waals surface area contributed by atoms with E-state index in [9.17, 15) is 4.79 Å². The lowest BCUT2D eigenvalue weighted by Gasteiger charge is -2.27. The second-order valence-corrected chi connectivity index (χ2v) is 7.87. The molecule has 4 nitrogen and oxygen atoms in total. The Balaban J connectivity index is 1.80. The van der Waals surface area contributed by atoms with E-state index in [2.05, 4.69) is 5.32 Å². The van der Waals surface area contributed by atoms with Crippen molar-refractivity contribution in [3.05, 3.63) is 108 Å². The quantitative estimate of drug-likeness (QED) is 0.484. The lowest BCUT2D eigenvalue weighted by molar-refractivity contribution is 0.0912. The monoisotopic (exact) mass is 395 g/mol. The number of para-hydroxylation sites is 1. The van der Waals surface area contributed by atoms with Gasteiger partial charge < -0.3 is 5.32 Å². The van der Waals surface area contributed by atoms with Gasteiger partial charge in [-0.2, -0.15) is 5.10 Å². The van der Waals surface area contributed by atoms with Crippen molar-refractivity contribution in [2.45, 2.75) is 26.3 Å². The molecule has 0 atom stereocenters. The number of carbonyl (C=O) groups excluding carboxylic acids is 1. The summed E-state index contributed by atoms with van der Waals surface area (Å²) in [6.07, 6.45) is 0. The highest BCUT2D eigenvalue weighted by Crippen LogP contribution is 2.29. The van der Waals surface area contributed by atoms with Crippen LogP contribution in [0.1, 0.15) is 35.5 Å². The fourth-order valence-electron chi connectivity index (χ4n) is 3.67. The summed E-state index contributed by atoms with van der Waals surface area (Å²) in [5.41, 5.74) is 4.45. The van der Waals surface area contributed by atoms with E-state index in [1.165, 1.54) is 0 Å². The lowest BCUT2D eigenvalue weighted by Crippen LogP contribution is -2.41. The number of carbonyl (C=O) groups is 1. The van der Waals surface area contributed by atoms with E-state index in [0.29, 0.717) is 11.3 Å². The zero-order valence-electron chi connectivity index (χ0n) is 17.5. The summed E-state index contributed by atoms with van der Waals surface area (Å²) < 4.78 is 1.84. The Labute approximate surface area is 177 Å². The molecular formula is C26H25N3O. The second-order valence-electron chi connectivity index (χ2n) is 7.87. The van der Waals surface area contributed by atoms with Crippen molar-refractivity contribution in [2.75, 3.05) is 0 Å². The number of benzene rings is 3. The molecule has 0 aliphatic carbocycles. The normalized spacial score (nSPS) is 11.3. The zero-order valence-corrected chi connectivity index (χ0v) is 17.5. The summed E-state index contributed by atoms with van der Waals surface area (Å²) in [4.78, 5) is 13.5. The van der Waals surface area contributed by atoms with E-state index in [1.807, 2.05) is 116 Å². The highest BCUT2D eigenvalue weighted by atomic mass is 16.1. The summed E-state index contributed by atoms with van der Waals surface area (Å²) in [7, 11) is 0. The van der Waals surface area contributed by atoms with Crippen LogP contribution in [0.4, 0.5) is 0 Å². The van der Waals surface area contributed by atoms with Gasteiger partial charge in [-0.25, -0.2) is 4.68 Å². The largest absolute Gasteiger partial charge is 0.343 e. The first-order valence-electron chi connectivity index (χ1n) is 10.1. The number of hydrogen-bond acceptors (Lipinski definition) is 2. The number of hydrogen-bond donors (Lipinski definition) is 1. The smallest absolute Gasteiger partial charge is 0.256 e. The molecular weight excluding hydrogens is 370 g/mol. The van der Waals surface area contributed by atoms with E-state index >= 15 is 0 Å². The summed E-state index contributed by atoms with van der Waals surface area (Å²) in [5.74, 6) is -0.137. The van der Waals surface area contributed by atoms with Crippen LogP contribution in [0.25, 0.3) is 16.9 Å². The zero-order chi connectivity index (χ0) is 21.1. The van der Waals surface area contributed by atoms with Crippen molar-refractivity contribution < 1.29 is 4.79 Å². The van der Waals surface area contributed by atoms with Crippen LogP contribution in [-0.4, -0.2) is 15.7 Å². The third-order valence-electron chi connectivity index (χ3n) is 5.31. The van der Waals surface area contributed by atoms with Crippen LogP contribution in [0.3, 0.4) is 0 Å². The molecule has 4 heteroatoms. The minimum Gasteiger partial charge on any atom is -0.343 e. The summed E-state index contributed by atoms with van der Waals surface area (Å²) in [6, 6.07) is 29.7. The minimum atomic E-state index is -0.520. The first kappa shape index (κ1) is 19.6. The molecule has 0 bridgehead atoms. The Bertz CT molecular complexity index is 1150. The van der Waals surface area contributed by atoms with Gasteiger partial charge in [0.1, 0.15) is 5.69 Å². The molecule has 150 valence electrons. The molecule has 0 saturated carbocycles. The highest BCUT2D eigenvalue weighted by Gasteiger charge is 2.28. The summed E-state index contributed by atoms with van der Waals surface area (Å²) in [5, 5.41) is 8.04. The van der Waals surface area contributed by atoms with Crippen LogP contribution in [0, 0.1) is 6.92 Å². The Morgan fingerprint density at radius 3 is 1.97 bits per heavy atom.